The van der Waals surface area contributed by atoms with Gasteiger partial charge < -0.3 is 10.2 Å². The van der Waals surface area contributed by atoms with Gasteiger partial charge in [0.25, 0.3) is 0 Å². The first kappa shape index (κ1) is 18.0. The number of amides is 1. The maximum atomic E-state index is 13.0. The minimum atomic E-state index is -0.281. The van der Waals surface area contributed by atoms with Crippen molar-refractivity contribution in [3.63, 3.8) is 0 Å². The summed E-state index contributed by atoms with van der Waals surface area (Å²) in [5, 5.41) is 7.30. The van der Waals surface area contributed by atoms with E-state index in [9.17, 15) is 9.18 Å². The number of likely N-dealkylation sites (N-methyl/N-ethyl adjacent to an activating group) is 1. The molecule has 1 N–H and O–H groups in total. The maximum Gasteiger partial charge on any atom is 0.224 e. The first-order valence-electron chi connectivity index (χ1n) is 8.57. The molecule has 1 amide bonds. The molecule has 2 aromatic rings. The highest BCUT2D eigenvalue weighted by Gasteiger charge is 2.24. The topological polar surface area (TPSA) is 35.6 Å². The lowest BCUT2D eigenvalue weighted by molar-refractivity contribution is -0.120. The van der Waals surface area contributed by atoms with Crippen LogP contribution in [-0.2, 0) is 11.2 Å². The molecule has 2 heterocycles. The van der Waals surface area contributed by atoms with Crippen molar-refractivity contribution in [1.29, 1.82) is 0 Å². The van der Waals surface area contributed by atoms with Gasteiger partial charge >= 0.3 is 0 Å². The van der Waals surface area contributed by atoms with E-state index in [4.69, 9.17) is 0 Å². The van der Waals surface area contributed by atoms with Gasteiger partial charge in [-0.3, -0.25) is 9.69 Å². The van der Waals surface area contributed by atoms with Crippen LogP contribution < -0.4 is 5.32 Å². The molecule has 25 heavy (non-hydrogen) atoms. The van der Waals surface area contributed by atoms with E-state index in [1.807, 2.05) is 0 Å². The highest BCUT2D eigenvalue weighted by Crippen LogP contribution is 2.23. The Morgan fingerprint density at radius 1 is 1.20 bits per heavy atom. The molecule has 1 fully saturated rings. The molecule has 1 saturated heterocycles. The lowest BCUT2D eigenvalue weighted by Gasteiger charge is -2.38. The molecule has 1 aliphatic heterocycles. The van der Waals surface area contributed by atoms with Gasteiger partial charge in [-0.2, -0.15) is 11.3 Å². The number of nitrogens with zero attached hydrogens (tertiary/aromatic N) is 2. The number of carbonyl (C=O) groups excluding carboxylic acids is 1. The Labute approximate surface area is 152 Å². The van der Waals surface area contributed by atoms with Crippen LogP contribution in [0.3, 0.4) is 0 Å². The van der Waals surface area contributed by atoms with E-state index in [2.05, 4.69) is 39.0 Å². The predicted octanol–water partition coefficient (Wildman–Crippen LogP) is 2.53. The van der Waals surface area contributed by atoms with Gasteiger partial charge in [-0.1, -0.05) is 12.1 Å². The van der Waals surface area contributed by atoms with Gasteiger partial charge in [-0.05, 0) is 47.1 Å². The molecule has 0 saturated carbocycles. The minimum Gasteiger partial charge on any atom is -0.354 e. The Bertz CT molecular complexity index is 666. The zero-order chi connectivity index (χ0) is 17.6. The third kappa shape index (κ3) is 5.11. The Morgan fingerprint density at radius 3 is 2.56 bits per heavy atom. The van der Waals surface area contributed by atoms with Crippen molar-refractivity contribution in [3.8, 4) is 0 Å². The van der Waals surface area contributed by atoms with Gasteiger partial charge in [0.05, 0.1) is 12.5 Å². The van der Waals surface area contributed by atoms with Crippen LogP contribution in [0.5, 0.6) is 0 Å². The normalized spacial score (nSPS) is 17.4. The molecule has 134 valence electrons. The van der Waals surface area contributed by atoms with Crippen LogP contribution in [0.4, 0.5) is 4.39 Å². The Hall–Kier alpha value is -1.76. The van der Waals surface area contributed by atoms with Crippen molar-refractivity contribution in [2.24, 2.45) is 0 Å². The molecule has 1 aromatic heterocycles. The molecule has 1 unspecified atom stereocenters. The Balaban J connectivity index is 1.58. The lowest BCUT2D eigenvalue weighted by Crippen LogP contribution is -2.48. The predicted molar refractivity (Wildman–Crippen MR) is 99.2 cm³/mol. The van der Waals surface area contributed by atoms with Gasteiger partial charge in [0, 0.05) is 32.7 Å². The Kier molecular flexibility index (Phi) is 6.18. The number of nitrogens with one attached hydrogen (secondary N) is 1. The molecule has 0 bridgehead atoms. The molecule has 3 rings (SSSR count). The van der Waals surface area contributed by atoms with Gasteiger partial charge in [0.2, 0.25) is 5.91 Å². The van der Waals surface area contributed by atoms with E-state index in [0.29, 0.717) is 6.54 Å². The van der Waals surface area contributed by atoms with E-state index in [-0.39, 0.29) is 24.2 Å². The van der Waals surface area contributed by atoms with E-state index in [1.165, 1.54) is 17.7 Å². The van der Waals surface area contributed by atoms with E-state index in [0.717, 1.165) is 31.7 Å². The number of piperazine rings is 1. The molecule has 1 aliphatic rings. The number of rotatable bonds is 6. The zero-order valence-corrected chi connectivity index (χ0v) is 15.3. The molecular formula is C19H24FN3OS. The number of thiophene rings is 1. The van der Waals surface area contributed by atoms with Crippen LogP contribution in [0.2, 0.25) is 0 Å². The number of benzene rings is 1. The van der Waals surface area contributed by atoms with Crippen molar-refractivity contribution >= 4 is 17.2 Å². The largest absolute Gasteiger partial charge is 0.354 e. The molecule has 6 heteroatoms. The highest BCUT2D eigenvalue weighted by atomic mass is 32.1. The molecular weight excluding hydrogens is 337 g/mol. The number of halogens is 1. The fourth-order valence-corrected chi connectivity index (χ4v) is 3.82. The fraction of sp³-hybridized carbons (Fsp3) is 0.421. The molecule has 1 atom stereocenters. The molecule has 1 aromatic carbocycles. The van der Waals surface area contributed by atoms with Crippen molar-refractivity contribution in [2.45, 2.75) is 12.5 Å². The summed E-state index contributed by atoms with van der Waals surface area (Å²) in [7, 11) is 2.14. The van der Waals surface area contributed by atoms with Crippen LogP contribution in [0, 0.1) is 5.82 Å². The van der Waals surface area contributed by atoms with E-state index in [1.54, 1.807) is 23.5 Å². The van der Waals surface area contributed by atoms with Crippen molar-refractivity contribution < 1.29 is 9.18 Å². The van der Waals surface area contributed by atoms with Crippen molar-refractivity contribution in [3.05, 3.63) is 58.0 Å². The summed E-state index contributed by atoms with van der Waals surface area (Å²) in [6.07, 6.45) is 0.277. The van der Waals surface area contributed by atoms with Gasteiger partial charge in [-0.15, -0.1) is 0 Å². The second kappa shape index (κ2) is 8.56. The first-order valence-corrected chi connectivity index (χ1v) is 9.52. The second-order valence-electron chi connectivity index (χ2n) is 6.52. The summed E-state index contributed by atoms with van der Waals surface area (Å²) < 4.78 is 13.0. The second-order valence-corrected chi connectivity index (χ2v) is 7.30. The first-order chi connectivity index (χ1) is 12.1. The summed E-state index contributed by atoms with van der Waals surface area (Å²) in [5.74, 6) is -0.308. The lowest BCUT2D eigenvalue weighted by atomic mass is 10.1. The average Bonchev–Trinajstić information content (AvgIpc) is 3.13. The Morgan fingerprint density at radius 2 is 1.92 bits per heavy atom. The van der Waals surface area contributed by atoms with Crippen molar-refractivity contribution in [2.75, 3.05) is 39.8 Å². The fourth-order valence-electron chi connectivity index (χ4n) is 3.12. The van der Waals surface area contributed by atoms with Crippen LogP contribution in [0.1, 0.15) is 17.2 Å². The molecule has 0 spiro atoms. The summed E-state index contributed by atoms with van der Waals surface area (Å²) in [6.45, 7) is 4.70. The SMILES string of the molecule is CN1CCN(C(CNC(=O)Cc2ccc(F)cc2)c2ccsc2)CC1. The maximum absolute atomic E-state index is 13.0. The van der Waals surface area contributed by atoms with Gasteiger partial charge in [-0.25, -0.2) is 4.39 Å². The summed E-state index contributed by atoms with van der Waals surface area (Å²) in [4.78, 5) is 17.0. The zero-order valence-electron chi connectivity index (χ0n) is 14.5. The summed E-state index contributed by atoms with van der Waals surface area (Å²) in [5.41, 5.74) is 2.09. The standard InChI is InChI=1S/C19H24FN3OS/c1-22-7-9-23(10-8-22)18(16-6-11-25-14-16)13-21-19(24)12-15-2-4-17(20)5-3-15/h2-6,11,14,18H,7-10,12-13H2,1H3,(H,21,24). The summed E-state index contributed by atoms with van der Waals surface area (Å²) >= 11 is 1.69. The van der Waals surface area contributed by atoms with E-state index < -0.39 is 0 Å². The number of hydrogen-bond donors (Lipinski definition) is 1. The molecule has 0 radical (unpaired) electrons. The van der Waals surface area contributed by atoms with Crippen LogP contribution in [0.15, 0.2) is 41.1 Å². The van der Waals surface area contributed by atoms with Gasteiger partial charge in [0.15, 0.2) is 0 Å². The number of carbonyl (C=O) groups is 1. The van der Waals surface area contributed by atoms with Crippen molar-refractivity contribution in [1.82, 2.24) is 15.1 Å². The molecule has 0 aliphatic carbocycles. The van der Waals surface area contributed by atoms with Gasteiger partial charge in [0.1, 0.15) is 5.82 Å². The minimum absolute atomic E-state index is 0.0269. The van der Waals surface area contributed by atoms with Crippen LogP contribution in [0.25, 0.3) is 0 Å². The number of hydrogen-bond acceptors (Lipinski definition) is 4. The smallest absolute Gasteiger partial charge is 0.224 e. The monoisotopic (exact) mass is 361 g/mol. The summed E-state index contributed by atoms with van der Waals surface area (Å²) in [6, 6.07) is 8.44. The van der Waals surface area contributed by atoms with E-state index >= 15 is 0 Å². The van der Waals surface area contributed by atoms with Crippen LogP contribution >= 0.6 is 11.3 Å². The molecule has 4 nitrogen and oxygen atoms in total. The highest BCUT2D eigenvalue weighted by molar-refractivity contribution is 7.07. The quantitative estimate of drug-likeness (QED) is 0.859. The van der Waals surface area contributed by atoms with Crippen LogP contribution in [-0.4, -0.2) is 55.5 Å². The third-order valence-corrected chi connectivity index (χ3v) is 5.38. The average molecular weight is 361 g/mol. The third-order valence-electron chi connectivity index (χ3n) is 4.68.